The van der Waals surface area contributed by atoms with Crippen molar-refractivity contribution in [1.29, 1.82) is 0 Å². The molecule has 2 nitrogen and oxygen atoms in total. The molecule has 0 spiro atoms. The third kappa shape index (κ3) is 2.10. The van der Waals surface area contributed by atoms with Gasteiger partial charge >= 0.3 is 0 Å². The van der Waals surface area contributed by atoms with Crippen molar-refractivity contribution >= 4 is 0 Å². The Bertz CT molecular complexity index is 329. The first-order chi connectivity index (χ1) is 7.13. The Morgan fingerprint density at radius 3 is 2.73 bits per heavy atom. The molecule has 0 aliphatic heterocycles. The highest BCUT2D eigenvalue weighted by Gasteiger charge is 2.37. The topological polar surface area (TPSA) is 33.4 Å². The molecule has 2 heteroatoms. The van der Waals surface area contributed by atoms with Crippen LogP contribution < -0.4 is 0 Å². The summed E-state index contributed by atoms with van der Waals surface area (Å²) in [7, 11) is 0. The molecule has 1 fully saturated rings. The zero-order valence-corrected chi connectivity index (χ0v) is 9.73. The molecule has 0 radical (unpaired) electrons. The number of rotatable bonds is 4. The van der Waals surface area contributed by atoms with Crippen LogP contribution in [-0.4, -0.2) is 5.11 Å². The summed E-state index contributed by atoms with van der Waals surface area (Å²) in [4.78, 5) is 0. The van der Waals surface area contributed by atoms with Crippen molar-refractivity contribution in [2.45, 2.75) is 45.6 Å². The molecule has 1 aliphatic carbocycles. The van der Waals surface area contributed by atoms with E-state index in [1.807, 2.05) is 19.1 Å². The summed E-state index contributed by atoms with van der Waals surface area (Å²) in [5.74, 6) is 3.41. The Morgan fingerprint density at radius 2 is 2.20 bits per heavy atom. The quantitative estimate of drug-likeness (QED) is 0.821. The Morgan fingerprint density at radius 1 is 1.53 bits per heavy atom. The highest BCUT2D eigenvalue weighted by Crippen LogP contribution is 2.47. The zero-order valence-electron chi connectivity index (χ0n) is 9.73. The van der Waals surface area contributed by atoms with Gasteiger partial charge in [0, 0.05) is 5.92 Å². The van der Waals surface area contributed by atoms with Crippen molar-refractivity contribution in [2.75, 3.05) is 0 Å². The Labute approximate surface area is 91.3 Å². The minimum Gasteiger partial charge on any atom is -0.463 e. The first-order valence-corrected chi connectivity index (χ1v) is 5.91. The Kier molecular flexibility index (Phi) is 2.87. The molecule has 84 valence electrons. The summed E-state index contributed by atoms with van der Waals surface area (Å²) in [6.07, 6.45) is 1.75. The van der Waals surface area contributed by atoms with E-state index in [0.29, 0.717) is 5.92 Å². The van der Waals surface area contributed by atoms with Gasteiger partial charge in [0.15, 0.2) is 0 Å². The summed E-state index contributed by atoms with van der Waals surface area (Å²) < 4.78 is 5.71. The zero-order chi connectivity index (χ0) is 11.0. The molecule has 15 heavy (non-hydrogen) atoms. The number of hydrogen-bond donors (Lipinski definition) is 1. The van der Waals surface area contributed by atoms with E-state index in [0.717, 1.165) is 23.9 Å². The van der Waals surface area contributed by atoms with Crippen LogP contribution in [0, 0.1) is 11.8 Å². The van der Waals surface area contributed by atoms with Gasteiger partial charge in [-0.1, -0.05) is 27.2 Å². The Hall–Kier alpha value is -0.760. The van der Waals surface area contributed by atoms with Crippen LogP contribution in [0.3, 0.4) is 0 Å². The maximum absolute atomic E-state index is 9.98. The van der Waals surface area contributed by atoms with E-state index in [-0.39, 0.29) is 5.92 Å². The predicted octanol–water partition coefficient (Wildman–Crippen LogP) is 3.48. The van der Waals surface area contributed by atoms with Gasteiger partial charge in [-0.2, -0.15) is 0 Å². The second-order valence-corrected chi connectivity index (χ2v) is 4.89. The van der Waals surface area contributed by atoms with Crippen molar-refractivity contribution in [1.82, 2.24) is 0 Å². The lowest BCUT2D eigenvalue weighted by molar-refractivity contribution is 0.0909. The third-order valence-electron chi connectivity index (χ3n) is 3.60. The first kappa shape index (κ1) is 10.7. The van der Waals surface area contributed by atoms with Crippen LogP contribution in [0.5, 0.6) is 0 Å². The molecule has 2 rings (SSSR count). The van der Waals surface area contributed by atoms with Crippen LogP contribution in [-0.2, 0) is 0 Å². The van der Waals surface area contributed by atoms with Gasteiger partial charge < -0.3 is 9.52 Å². The SMILES string of the molecule is CCC(C)C(O)c1ccc(C2CC2C)o1. The maximum atomic E-state index is 9.98. The molecular weight excluding hydrogens is 188 g/mol. The minimum absolute atomic E-state index is 0.264. The molecule has 0 bridgehead atoms. The Balaban J connectivity index is 2.06. The lowest BCUT2D eigenvalue weighted by Crippen LogP contribution is -2.06. The van der Waals surface area contributed by atoms with Crippen LogP contribution >= 0.6 is 0 Å². The van der Waals surface area contributed by atoms with Gasteiger partial charge in [-0.3, -0.25) is 0 Å². The molecular formula is C13H20O2. The fourth-order valence-corrected chi connectivity index (χ4v) is 1.95. The van der Waals surface area contributed by atoms with E-state index in [1.54, 1.807) is 0 Å². The van der Waals surface area contributed by atoms with Crippen LogP contribution in [0.2, 0.25) is 0 Å². The fraction of sp³-hybridized carbons (Fsp3) is 0.692. The second-order valence-electron chi connectivity index (χ2n) is 4.89. The average molecular weight is 208 g/mol. The number of aliphatic hydroxyl groups excluding tert-OH is 1. The summed E-state index contributed by atoms with van der Waals surface area (Å²) in [5, 5.41) is 9.98. The van der Waals surface area contributed by atoms with E-state index in [9.17, 15) is 5.11 Å². The van der Waals surface area contributed by atoms with Gasteiger partial charge in [-0.25, -0.2) is 0 Å². The highest BCUT2D eigenvalue weighted by atomic mass is 16.4. The van der Waals surface area contributed by atoms with E-state index in [4.69, 9.17) is 4.42 Å². The molecule has 0 saturated heterocycles. The minimum atomic E-state index is -0.446. The normalized spacial score (nSPS) is 28.8. The van der Waals surface area contributed by atoms with Gasteiger partial charge in [-0.05, 0) is 30.4 Å². The molecule has 0 aromatic carbocycles. The maximum Gasteiger partial charge on any atom is 0.132 e. The number of hydrogen-bond acceptors (Lipinski definition) is 2. The summed E-state index contributed by atoms with van der Waals surface area (Å²) in [6, 6.07) is 3.95. The van der Waals surface area contributed by atoms with Gasteiger partial charge in [0.25, 0.3) is 0 Å². The average Bonchev–Trinajstić information content (AvgIpc) is 2.80. The van der Waals surface area contributed by atoms with Gasteiger partial charge in [0.2, 0.25) is 0 Å². The molecule has 1 aliphatic rings. The van der Waals surface area contributed by atoms with Crippen LogP contribution in [0.1, 0.15) is 57.2 Å². The van der Waals surface area contributed by atoms with Crippen molar-refractivity contribution < 1.29 is 9.52 Å². The van der Waals surface area contributed by atoms with E-state index < -0.39 is 6.10 Å². The number of aliphatic hydroxyl groups is 1. The second kappa shape index (κ2) is 4.01. The highest BCUT2D eigenvalue weighted by molar-refractivity contribution is 5.18. The summed E-state index contributed by atoms with van der Waals surface area (Å²) in [5.41, 5.74) is 0. The van der Waals surface area contributed by atoms with Gasteiger partial charge in [0.1, 0.15) is 17.6 Å². The third-order valence-corrected chi connectivity index (χ3v) is 3.60. The summed E-state index contributed by atoms with van der Waals surface area (Å²) in [6.45, 7) is 6.37. The van der Waals surface area contributed by atoms with E-state index in [2.05, 4.69) is 13.8 Å². The number of furan rings is 1. The standard InChI is InChI=1S/C13H20O2/c1-4-8(2)13(14)12-6-5-11(15-12)10-7-9(10)3/h5-6,8-10,13-14H,4,7H2,1-3H3. The molecule has 1 saturated carbocycles. The van der Waals surface area contributed by atoms with Crippen LogP contribution in [0.25, 0.3) is 0 Å². The van der Waals surface area contributed by atoms with Crippen molar-refractivity contribution in [3.05, 3.63) is 23.7 Å². The largest absolute Gasteiger partial charge is 0.463 e. The molecule has 1 N–H and O–H groups in total. The van der Waals surface area contributed by atoms with Crippen molar-refractivity contribution in [3.8, 4) is 0 Å². The molecule has 1 heterocycles. The molecule has 1 aromatic heterocycles. The van der Waals surface area contributed by atoms with Crippen LogP contribution in [0.4, 0.5) is 0 Å². The molecule has 4 atom stereocenters. The molecule has 0 amide bonds. The lowest BCUT2D eigenvalue weighted by Gasteiger charge is -2.14. The molecule has 1 aromatic rings. The van der Waals surface area contributed by atoms with Crippen LogP contribution in [0.15, 0.2) is 16.5 Å². The lowest BCUT2D eigenvalue weighted by atomic mass is 10.0. The molecule has 4 unspecified atom stereocenters. The van der Waals surface area contributed by atoms with Crippen molar-refractivity contribution in [3.63, 3.8) is 0 Å². The van der Waals surface area contributed by atoms with E-state index in [1.165, 1.54) is 6.42 Å². The van der Waals surface area contributed by atoms with Crippen molar-refractivity contribution in [2.24, 2.45) is 11.8 Å². The fourth-order valence-electron chi connectivity index (χ4n) is 1.95. The van der Waals surface area contributed by atoms with Gasteiger partial charge in [-0.15, -0.1) is 0 Å². The first-order valence-electron chi connectivity index (χ1n) is 5.91. The smallest absolute Gasteiger partial charge is 0.132 e. The van der Waals surface area contributed by atoms with Gasteiger partial charge in [0.05, 0.1) is 0 Å². The summed E-state index contributed by atoms with van der Waals surface area (Å²) >= 11 is 0. The monoisotopic (exact) mass is 208 g/mol. The predicted molar refractivity (Wildman–Crippen MR) is 59.6 cm³/mol. The van der Waals surface area contributed by atoms with E-state index >= 15 is 0 Å².